The summed E-state index contributed by atoms with van der Waals surface area (Å²) in [5.74, 6) is -9.61. The van der Waals surface area contributed by atoms with Crippen molar-refractivity contribution < 1.29 is 58.5 Å². The third-order valence-corrected chi connectivity index (χ3v) is 10.3. The Balaban J connectivity index is 1.80. The van der Waals surface area contributed by atoms with Crippen molar-refractivity contribution in [2.24, 2.45) is 11.5 Å². The number of nitrogens with two attached hydrogens (primary N) is 2. The molecule has 3 aromatic carbocycles. The molecule has 0 saturated carbocycles. The average Bonchev–Trinajstić information content (AvgIpc) is 3.30. The molecule has 0 fully saturated rings. The number of carboxylic acid groups (broad SMARTS) is 2. The van der Waals surface area contributed by atoms with Crippen molar-refractivity contribution in [3.8, 4) is 5.75 Å². The number of carbonyl (C=O) groups is 9. The van der Waals surface area contributed by atoms with E-state index in [2.05, 4.69) is 55.2 Å². The summed E-state index contributed by atoms with van der Waals surface area (Å²) in [4.78, 5) is 117. The molecule has 7 amide bonds. The zero-order chi connectivity index (χ0) is 50.2. The molecule has 16 N–H and O–H groups in total. The third-order valence-electron chi connectivity index (χ3n) is 9.87. The Morgan fingerprint density at radius 3 is 1.50 bits per heavy atom. The topological polar surface area (TPSA) is 386 Å². The summed E-state index contributed by atoms with van der Waals surface area (Å²) in [7, 11) is 0. The molecule has 0 aliphatic heterocycles. The van der Waals surface area contributed by atoms with E-state index in [1.165, 1.54) is 24.3 Å². The van der Waals surface area contributed by atoms with Crippen LogP contribution in [-0.4, -0.2) is 136 Å². The number of aliphatic carboxylic acids is 2. The Hall–Kier alpha value is -7.73. The number of guanidine groups is 1. The molecule has 0 bridgehead atoms. The van der Waals surface area contributed by atoms with Crippen molar-refractivity contribution in [2.45, 2.75) is 74.8 Å². The molecule has 6 atom stereocenters. The maximum Gasteiger partial charge on any atom is 0.326 e. The molecule has 0 aromatic heterocycles. The van der Waals surface area contributed by atoms with Crippen LogP contribution < -0.4 is 54.0 Å². The molecule has 0 aliphatic rings. The first-order valence-electron chi connectivity index (χ1n) is 21.1. The number of carbonyl (C=O) groups excluding carboxylic acids is 7. The summed E-state index contributed by atoms with van der Waals surface area (Å²) < 4.78 is 0. The van der Waals surface area contributed by atoms with Gasteiger partial charge >= 0.3 is 11.9 Å². The standard InChI is InChI=1S/C44H57N11O12S/c45-29(24-68)38(61)49-22-35(57)52-33(21-37(59)60)42(65)53-30(12-7-17-48-44(46)47)39(62)50-23-36(58)51-31(18-25-8-3-1-4-9-25)40(63)54-32(19-26-10-5-2-6-11-26)41(64)55-34(43(66)67)20-27-13-15-28(56)16-14-27/h1-6,8-11,13-16,29-34,56,68H,7,12,17-24,45H2,(H,49,61)(H,50,62)(H,51,58)(H,52,57)(H,53,65)(H,54,63)(H,55,64)(H,59,60)(H,66,67)(H4,46,47,48)/t29-,30-,31-,32-,33-,34-/m0/s1. The van der Waals surface area contributed by atoms with Gasteiger partial charge in [0.15, 0.2) is 5.96 Å². The molecule has 0 radical (unpaired) electrons. The SMILES string of the molecule is N=C(N)NCCC[C@H](NC(=O)[C@H](CC(=O)O)NC(=O)CNC(=O)[C@@H](N)CS)C(=O)NCC(=O)N[C@@H](Cc1ccccc1)C(=O)N[C@@H](Cc1ccccc1)C(=O)N[C@@H](Cc1ccc(O)cc1)C(=O)O. The molecule has 68 heavy (non-hydrogen) atoms. The number of carboxylic acids is 2. The van der Waals surface area contributed by atoms with Crippen LogP contribution >= 0.6 is 12.6 Å². The second-order valence-electron chi connectivity index (χ2n) is 15.3. The number of nitrogens with one attached hydrogen (secondary N) is 9. The normalized spacial score (nSPS) is 13.3. The maximum atomic E-state index is 14.1. The minimum absolute atomic E-state index is 0.0347. The van der Waals surface area contributed by atoms with Crippen LogP contribution in [0.2, 0.25) is 0 Å². The van der Waals surface area contributed by atoms with Gasteiger partial charge in [-0.05, 0) is 41.7 Å². The van der Waals surface area contributed by atoms with Crippen molar-refractivity contribution in [3.63, 3.8) is 0 Å². The van der Waals surface area contributed by atoms with Crippen molar-refractivity contribution >= 4 is 71.9 Å². The molecule has 23 nitrogen and oxygen atoms in total. The summed E-state index contributed by atoms with van der Waals surface area (Å²) in [5, 5.41) is 55.9. The van der Waals surface area contributed by atoms with Crippen LogP contribution in [0.1, 0.15) is 36.0 Å². The number of phenols is 1. The highest BCUT2D eigenvalue weighted by molar-refractivity contribution is 7.80. The lowest BCUT2D eigenvalue weighted by molar-refractivity contribution is -0.142. The van der Waals surface area contributed by atoms with Crippen LogP contribution in [-0.2, 0) is 62.4 Å². The summed E-state index contributed by atoms with van der Waals surface area (Å²) in [6.07, 6.45) is -1.30. The van der Waals surface area contributed by atoms with Gasteiger partial charge in [0, 0.05) is 31.6 Å². The van der Waals surface area contributed by atoms with Gasteiger partial charge in [-0.25, -0.2) is 4.79 Å². The highest BCUT2D eigenvalue weighted by atomic mass is 32.1. The van der Waals surface area contributed by atoms with Crippen LogP contribution in [0, 0.1) is 5.41 Å². The molecule has 0 saturated heterocycles. The molecule has 0 aliphatic carbocycles. The Morgan fingerprint density at radius 1 is 0.559 bits per heavy atom. The number of hydrogen-bond donors (Lipinski definition) is 15. The van der Waals surface area contributed by atoms with Crippen LogP contribution in [0.25, 0.3) is 0 Å². The van der Waals surface area contributed by atoms with Crippen LogP contribution in [0.15, 0.2) is 84.9 Å². The van der Waals surface area contributed by atoms with E-state index in [4.69, 9.17) is 16.9 Å². The van der Waals surface area contributed by atoms with Crippen molar-refractivity contribution in [3.05, 3.63) is 102 Å². The van der Waals surface area contributed by atoms with E-state index in [-0.39, 0.29) is 56.1 Å². The summed E-state index contributed by atoms with van der Waals surface area (Å²) in [5.41, 5.74) is 12.6. The van der Waals surface area contributed by atoms with Crippen molar-refractivity contribution in [2.75, 3.05) is 25.4 Å². The van der Waals surface area contributed by atoms with Gasteiger partial charge in [-0.3, -0.25) is 43.8 Å². The number of amides is 7. The second kappa shape index (κ2) is 28.3. The quantitative estimate of drug-likeness (QED) is 0.0151. The number of thiol groups is 1. The fourth-order valence-corrected chi connectivity index (χ4v) is 6.51. The van der Waals surface area contributed by atoms with Crippen LogP contribution in [0.5, 0.6) is 5.75 Å². The van der Waals surface area contributed by atoms with E-state index in [1.54, 1.807) is 60.7 Å². The highest BCUT2D eigenvalue weighted by Gasteiger charge is 2.32. The average molecular weight is 964 g/mol. The number of phenolic OH excluding ortho intramolecular Hbond substituents is 1. The minimum atomic E-state index is -1.73. The maximum absolute atomic E-state index is 14.1. The van der Waals surface area contributed by atoms with E-state index in [0.29, 0.717) is 16.7 Å². The van der Waals surface area contributed by atoms with Gasteiger partial charge in [0.05, 0.1) is 25.6 Å². The highest BCUT2D eigenvalue weighted by Crippen LogP contribution is 2.13. The molecule has 0 spiro atoms. The molecule has 3 aromatic rings. The van der Waals surface area contributed by atoms with Gasteiger partial charge in [-0.2, -0.15) is 12.6 Å². The number of aromatic hydroxyl groups is 1. The zero-order valence-electron chi connectivity index (χ0n) is 36.7. The summed E-state index contributed by atoms with van der Waals surface area (Å²) in [6, 6.07) is 14.4. The van der Waals surface area contributed by atoms with E-state index in [9.17, 15) is 58.5 Å². The van der Waals surface area contributed by atoms with E-state index in [0.717, 1.165) is 0 Å². The Bertz CT molecular complexity index is 2220. The Morgan fingerprint density at radius 2 is 1.00 bits per heavy atom. The molecule has 3 rings (SSSR count). The lowest BCUT2D eigenvalue weighted by atomic mass is 10.0. The van der Waals surface area contributed by atoms with E-state index in [1.807, 2.05) is 0 Å². The molecule has 0 unspecified atom stereocenters. The first kappa shape index (κ1) is 54.6. The van der Waals surface area contributed by atoms with Crippen LogP contribution in [0.3, 0.4) is 0 Å². The van der Waals surface area contributed by atoms with Gasteiger partial charge in [0.2, 0.25) is 41.4 Å². The lowest BCUT2D eigenvalue weighted by Gasteiger charge is -2.25. The van der Waals surface area contributed by atoms with Gasteiger partial charge in [0.25, 0.3) is 0 Å². The van der Waals surface area contributed by atoms with E-state index >= 15 is 0 Å². The van der Waals surface area contributed by atoms with Gasteiger partial charge in [0.1, 0.15) is 36.0 Å². The van der Waals surface area contributed by atoms with E-state index < -0.39 is 109 Å². The molecule has 24 heteroatoms. The first-order valence-corrected chi connectivity index (χ1v) is 21.8. The molecule has 366 valence electrons. The third kappa shape index (κ3) is 20.2. The fraction of sp³-hybridized carbons (Fsp3) is 0.364. The zero-order valence-corrected chi connectivity index (χ0v) is 37.6. The number of rotatable bonds is 28. The van der Waals surface area contributed by atoms with Gasteiger partial charge < -0.3 is 69.3 Å². The van der Waals surface area contributed by atoms with Crippen molar-refractivity contribution in [1.29, 1.82) is 5.41 Å². The molecular weight excluding hydrogens is 907 g/mol. The first-order chi connectivity index (χ1) is 32.3. The Kier molecular flexibility index (Phi) is 22.8. The largest absolute Gasteiger partial charge is 0.508 e. The summed E-state index contributed by atoms with van der Waals surface area (Å²) in [6.45, 7) is -1.37. The fourth-order valence-electron chi connectivity index (χ4n) is 6.35. The minimum Gasteiger partial charge on any atom is -0.508 e. The predicted molar refractivity (Wildman–Crippen MR) is 249 cm³/mol. The number of benzene rings is 3. The second-order valence-corrected chi connectivity index (χ2v) is 15.7. The van der Waals surface area contributed by atoms with Crippen LogP contribution in [0.4, 0.5) is 0 Å². The lowest BCUT2D eigenvalue weighted by Crippen LogP contribution is -2.58. The smallest absolute Gasteiger partial charge is 0.326 e. The monoisotopic (exact) mass is 963 g/mol. The van der Waals surface area contributed by atoms with Gasteiger partial charge in [-0.1, -0.05) is 72.8 Å². The Labute approximate surface area is 396 Å². The summed E-state index contributed by atoms with van der Waals surface area (Å²) >= 11 is 3.90. The van der Waals surface area contributed by atoms with Gasteiger partial charge in [-0.15, -0.1) is 0 Å². The van der Waals surface area contributed by atoms with Crippen molar-refractivity contribution in [1.82, 2.24) is 42.5 Å². The molecular formula is C44H57N11O12S. The predicted octanol–water partition coefficient (Wildman–Crippen LogP) is -2.84. The number of hydrogen-bond acceptors (Lipinski definition) is 13. The molecule has 0 heterocycles.